The smallest absolute Gasteiger partial charge is 0.0520 e. The summed E-state index contributed by atoms with van der Waals surface area (Å²) >= 11 is 0. The van der Waals surface area contributed by atoms with Gasteiger partial charge >= 0.3 is 0 Å². The average molecular weight is 445 g/mol. The van der Waals surface area contributed by atoms with Crippen LogP contribution >= 0.6 is 0 Å². The van der Waals surface area contributed by atoms with Crippen LogP contribution in [0.4, 0.5) is 0 Å². The van der Waals surface area contributed by atoms with Gasteiger partial charge in [-0.25, -0.2) is 0 Å². The molecule has 0 amide bonds. The molecule has 0 aromatic heterocycles. The zero-order valence-electron chi connectivity index (χ0n) is 20.1. The topological polar surface area (TPSA) is 101 Å². The van der Waals surface area contributed by atoms with Crippen molar-refractivity contribution >= 4 is 0 Å². The molecule has 0 aromatic carbocycles. The van der Waals surface area contributed by atoms with Crippen molar-refractivity contribution in [3.8, 4) is 0 Å². The fourth-order valence-corrected chi connectivity index (χ4v) is 5.72. The molecule has 0 bridgehead atoms. The predicted octanol–water partition coefficient (Wildman–Crippen LogP) is 4.57. The molecule has 1 saturated carbocycles. The number of hydrogen-bond acceptors (Lipinski definition) is 5. The summed E-state index contributed by atoms with van der Waals surface area (Å²) in [6.45, 7) is -1.41. The van der Waals surface area contributed by atoms with E-state index in [1.165, 1.54) is 70.6 Å². The van der Waals surface area contributed by atoms with Crippen LogP contribution in [0, 0.1) is 16.7 Å². The highest BCUT2D eigenvalue weighted by molar-refractivity contribution is 5.01. The van der Waals surface area contributed by atoms with Gasteiger partial charge in [-0.3, -0.25) is 0 Å². The van der Waals surface area contributed by atoms with Gasteiger partial charge in [0, 0.05) is 17.4 Å². The minimum absolute atomic E-state index is 0.150. The van der Waals surface area contributed by atoms with Crippen molar-refractivity contribution in [2.45, 2.75) is 116 Å². The number of hydrogen-bond donors (Lipinski definition) is 5. The van der Waals surface area contributed by atoms with Crippen molar-refractivity contribution in [2.24, 2.45) is 16.7 Å². The van der Waals surface area contributed by atoms with Gasteiger partial charge in [-0.15, -0.1) is 0 Å². The van der Waals surface area contributed by atoms with Crippen molar-refractivity contribution in [3.05, 3.63) is 0 Å². The molecule has 0 aliphatic heterocycles. The van der Waals surface area contributed by atoms with Gasteiger partial charge < -0.3 is 25.5 Å². The van der Waals surface area contributed by atoms with Crippen LogP contribution in [0.2, 0.25) is 0 Å². The monoisotopic (exact) mass is 444 g/mol. The molecular weight excluding hydrogens is 392 g/mol. The highest BCUT2D eigenvalue weighted by atomic mass is 16.3. The van der Waals surface area contributed by atoms with E-state index in [1.807, 2.05) is 0 Å². The molecule has 1 aliphatic rings. The van der Waals surface area contributed by atoms with E-state index in [4.69, 9.17) is 0 Å². The lowest BCUT2D eigenvalue weighted by atomic mass is 9.55. The van der Waals surface area contributed by atoms with Crippen molar-refractivity contribution in [1.29, 1.82) is 0 Å². The third kappa shape index (κ3) is 8.92. The van der Waals surface area contributed by atoms with Crippen LogP contribution in [0.5, 0.6) is 0 Å². The van der Waals surface area contributed by atoms with Gasteiger partial charge in [0.25, 0.3) is 0 Å². The highest BCUT2D eigenvalue weighted by Crippen LogP contribution is 2.49. The lowest BCUT2D eigenvalue weighted by Crippen LogP contribution is -2.57. The average Bonchev–Trinajstić information content (AvgIpc) is 2.80. The first kappa shape index (κ1) is 28.8. The standard InChI is InChI=1S/C26H52O5/c27-19-24-17-15-13-11-9-7-5-3-1-2-4-6-8-10-12-14-16-18-25(20-28,21-29)26(24,22-30)23-31/h24,27-31H,1-23H2. The summed E-state index contributed by atoms with van der Waals surface area (Å²) in [5, 5.41) is 51.6. The molecule has 5 nitrogen and oxygen atoms in total. The molecule has 0 aromatic rings. The van der Waals surface area contributed by atoms with Gasteiger partial charge in [0.15, 0.2) is 0 Å². The molecular formula is C26H52O5. The maximum Gasteiger partial charge on any atom is 0.0520 e. The summed E-state index contributed by atoms with van der Waals surface area (Å²) < 4.78 is 0. The van der Waals surface area contributed by atoms with Gasteiger partial charge in [0.1, 0.15) is 0 Å². The predicted molar refractivity (Wildman–Crippen MR) is 127 cm³/mol. The Bertz CT molecular complexity index is 407. The van der Waals surface area contributed by atoms with E-state index in [-0.39, 0.29) is 39.0 Å². The van der Waals surface area contributed by atoms with Gasteiger partial charge in [-0.2, -0.15) is 0 Å². The molecule has 0 spiro atoms. The van der Waals surface area contributed by atoms with E-state index in [1.54, 1.807) is 0 Å². The van der Waals surface area contributed by atoms with Gasteiger partial charge in [0.2, 0.25) is 0 Å². The second kappa shape index (κ2) is 17.3. The lowest BCUT2D eigenvalue weighted by Gasteiger charge is -2.51. The van der Waals surface area contributed by atoms with E-state index >= 15 is 0 Å². The van der Waals surface area contributed by atoms with Crippen LogP contribution in [0.3, 0.4) is 0 Å². The molecule has 5 N–H and O–H groups in total. The summed E-state index contributed by atoms with van der Waals surface area (Å²) in [7, 11) is 0. The molecule has 0 heterocycles. The second-order valence-electron chi connectivity index (χ2n) is 10.1. The Hall–Kier alpha value is -0.200. The van der Waals surface area contributed by atoms with Crippen LogP contribution < -0.4 is 0 Å². The maximum atomic E-state index is 10.4. The van der Waals surface area contributed by atoms with E-state index < -0.39 is 10.8 Å². The minimum atomic E-state index is -1.08. The Balaban J connectivity index is 2.87. The first-order valence-corrected chi connectivity index (χ1v) is 13.2. The third-order valence-electron chi connectivity index (χ3n) is 8.19. The first-order chi connectivity index (χ1) is 15.2. The fraction of sp³-hybridized carbons (Fsp3) is 1.00. The van der Waals surface area contributed by atoms with Crippen molar-refractivity contribution < 1.29 is 25.5 Å². The number of aliphatic hydroxyl groups is 5. The van der Waals surface area contributed by atoms with Crippen LogP contribution in [0.15, 0.2) is 0 Å². The van der Waals surface area contributed by atoms with Crippen LogP contribution in [-0.4, -0.2) is 58.6 Å². The number of rotatable bonds is 5. The molecule has 1 aliphatic carbocycles. The zero-order chi connectivity index (χ0) is 22.8. The molecule has 1 fully saturated rings. The van der Waals surface area contributed by atoms with E-state index in [0.29, 0.717) is 12.8 Å². The first-order valence-electron chi connectivity index (χ1n) is 13.2. The van der Waals surface area contributed by atoms with Crippen LogP contribution in [0.1, 0.15) is 116 Å². The quantitative estimate of drug-likeness (QED) is 0.427. The van der Waals surface area contributed by atoms with Gasteiger partial charge in [0.05, 0.1) is 26.4 Å². The normalized spacial score (nSPS) is 26.0. The molecule has 31 heavy (non-hydrogen) atoms. The van der Waals surface area contributed by atoms with Crippen LogP contribution in [0.25, 0.3) is 0 Å². The molecule has 5 heteroatoms. The molecule has 1 rings (SSSR count). The van der Waals surface area contributed by atoms with E-state index in [2.05, 4.69) is 0 Å². The second-order valence-corrected chi connectivity index (χ2v) is 10.1. The summed E-state index contributed by atoms with van der Waals surface area (Å²) in [6.07, 6.45) is 20.5. The highest BCUT2D eigenvalue weighted by Gasteiger charge is 2.53. The van der Waals surface area contributed by atoms with Crippen molar-refractivity contribution in [2.75, 3.05) is 33.0 Å². The zero-order valence-corrected chi connectivity index (χ0v) is 20.1. The van der Waals surface area contributed by atoms with Crippen LogP contribution in [-0.2, 0) is 0 Å². The lowest BCUT2D eigenvalue weighted by molar-refractivity contribution is -0.159. The number of aliphatic hydroxyl groups excluding tert-OH is 5. The third-order valence-corrected chi connectivity index (χ3v) is 8.19. The van der Waals surface area contributed by atoms with E-state index in [9.17, 15) is 25.5 Å². The molecule has 0 radical (unpaired) electrons. The Morgan fingerprint density at radius 2 is 0.806 bits per heavy atom. The van der Waals surface area contributed by atoms with Gasteiger partial charge in [-0.05, 0) is 18.8 Å². The Morgan fingerprint density at radius 3 is 1.13 bits per heavy atom. The molecule has 1 unspecified atom stereocenters. The maximum absolute atomic E-state index is 10.4. The summed E-state index contributed by atoms with van der Waals surface area (Å²) in [6, 6.07) is 0. The summed E-state index contributed by atoms with van der Waals surface area (Å²) in [5.74, 6) is -0.337. The summed E-state index contributed by atoms with van der Waals surface area (Å²) in [4.78, 5) is 0. The minimum Gasteiger partial charge on any atom is -0.396 e. The Kier molecular flexibility index (Phi) is 16.1. The fourth-order valence-electron chi connectivity index (χ4n) is 5.72. The largest absolute Gasteiger partial charge is 0.396 e. The Morgan fingerprint density at radius 1 is 0.452 bits per heavy atom. The molecule has 0 saturated heterocycles. The van der Waals surface area contributed by atoms with Crippen molar-refractivity contribution in [1.82, 2.24) is 0 Å². The van der Waals surface area contributed by atoms with Crippen molar-refractivity contribution in [3.63, 3.8) is 0 Å². The summed E-state index contributed by atoms with van der Waals surface area (Å²) in [5.41, 5.74) is -2.06. The van der Waals surface area contributed by atoms with Gasteiger partial charge in [-0.1, -0.05) is 103 Å². The SMILES string of the molecule is OCC1CCCCCCCCCCCCCCCCCCC(CO)(CO)C1(CO)CO. The Labute approximate surface area is 191 Å². The molecule has 1 atom stereocenters. The molecule has 186 valence electrons. The van der Waals surface area contributed by atoms with E-state index in [0.717, 1.165) is 32.1 Å².